The minimum absolute atomic E-state index is 0. The molecular formula is C39H90AlBKLiN16S+. The summed E-state index contributed by atoms with van der Waals surface area (Å²) < 4.78 is 3.97. The van der Waals surface area contributed by atoms with Gasteiger partial charge in [-0.15, -0.1) is 0 Å². The molecule has 0 aromatic rings. The molecule has 60 heavy (non-hydrogen) atoms. The normalized spacial score (nSPS) is 28.1. The SMILES string of the molecule is CN1CCN(C)CC(C#N)N(C)CC1.CN1CCN(C)CC(CN)N(C)CC1.CN1CCN(C)CCN(C)CC1.CN1CC[N+]2(C)CCN(C)C2C1.[AlH3].[B]=NS.[C-]#N.[H-].[K+].[Li+]. The second-order valence-corrected chi connectivity index (χ2v) is 17.5. The van der Waals surface area contributed by atoms with Crippen LogP contribution in [0.25, 0.3) is 0 Å². The Kier molecular flexibility index (Phi) is 44.9. The number of quaternary nitrogens is 1. The van der Waals surface area contributed by atoms with E-state index >= 15 is 0 Å². The third-order valence-corrected chi connectivity index (χ3v) is 12.2. The van der Waals surface area contributed by atoms with Crippen LogP contribution in [0.3, 0.4) is 0 Å². The van der Waals surface area contributed by atoms with Gasteiger partial charge in [0.1, 0.15) is 6.04 Å². The standard InChI is InChI=1S/C10H24N4.C10H20N4.C9H20N3.C9H21N3.CN.Al.BHNS.K.Li.4H/c2*1-12-4-5-13(2)9-10(8-11)14(3)7-6-12;1-10-4-6-12(3)7-5-11(2)9(12)8-10;1-10-4-6-11(2)8-9-12(3)7-5-10;1-2;;1-2-3;;;;;;/h10H,4-9,11H2,1-3H3;10H,4-7,9H2,1-3H3;9H,4-8H2,1-3H3;4-9H2,1-3H3;;;3H;;;;;;/q;;+1;;-1;;;2*+1;;;;-1. The van der Waals surface area contributed by atoms with E-state index in [2.05, 4.69) is 162 Å². The van der Waals surface area contributed by atoms with Crippen molar-refractivity contribution in [3.05, 3.63) is 6.57 Å². The molecule has 16 nitrogen and oxygen atoms in total. The molecule has 1 radical (unpaired) electrons. The fourth-order valence-corrected chi connectivity index (χ4v) is 7.30. The molecule has 0 saturated carbocycles. The van der Waals surface area contributed by atoms with Crippen molar-refractivity contribution in [2.24, 2.45) is 10.0 Å². The summed E-state index contributed by atoms with van der Waals surface area (Å²) in [5, 5.41) is 15.3. The molecule has 5 rings (SSSR count). The minimum atomic E-state index is 0. The average Bonchev–Trinajstić information content (AvgIpc) is 3.57. The van der Waals surface area contributed by atoms with Crippen LogP contribution < -0.4 is 76.0 Å². The van der Waals surface area contributed by atoms with Gasteiger partial charge in [0.25, 0.3) is 0 Å². The molecule has 5 aliphatic heterocycles. The molecule has 5 saturated heterocycles. The smallest absolute Gasteiger partial charge is 1.00 e. The molecule has 5 fully saturated rings. The van der Waals surface area contributed by atoms with E-state index in [0.29, 0.717) is 6.04 Å². The first-order valence-corrected chi connectivity index (χ1v) is 21.2. The molecule has 0 aromatic heterocycles. The number of nitrogens with two attached hydrogens (primary N) is 1. The number of likely N-dealkylation sites (N-methyl/N-ethyl adjacent to an activating group) is 12. The largest absolute Gasteiger partial charge is 1.00 e. The molecular weight excluding hydrogens is 808 g/mol. The monoisotopic (exact) mass is 899 g/mol. The van der Waals surface area contributed by atoms with Crippen molar-refractivity contribution in [2.75, 3.05) is 229 Å². The number of hydrogen-bond acceptors (Lipinski definition) is 16. The third-order valence-electron chi connectivity index (χ3n) is 12.2. The number of hydrogen-bond donors (Lipinski definition) is 2. The summed E-state index contributed by atoms with van der Waals surface area (Å²) in [5.74, 6) is 0. The van der Waals surface area contributed by atoms with Crippen LogP contribution >= 0.6 is 12.8 Å². The predicted molar refractivity (Wildman–Crippen MR) is 253 cm³/mol. The second kappa shape index (κ2) is 39.6. The van der Waals surface area contributed by atoms with E-state index in [1.54, 1.807) is 0 Å². The van der Waals surface area contributed by atoms with Gasteiger partial charge in [0.15, 0.2) is 23.5 Å². The molecule has 2 N–H and O–H groups in total. The van der Waals surface area contributed by atoms with Gasteiger partial charge in [-0.3, -0.25) is 19.6 Å². The van der Waals surface area contributed by atoms with Crippen LogP contribution in [0, 0.1) is 23.2 Å². The first-order valence-electron chi connectivity index (χ1n) is 20.8. The number of rotatable bonds is 1. The maximum absolute atomic E-state index is 9.02. The molecule has 0 spiro atoms. The van der Waals surface area contributed by atoms with Crippen molar-refractivity contribution in [1.29, 1.82) is 10.5 Å². The zero-order valence-corrected chi connectivity index (χ0v) is 44.6. The summed E-state index contributed by atoms with van der Waals surface area (Å²) in [6.45, 7) is 29.8. The van der Waals surface area contributed by atoms with Gasteiger partial charge in [0.05, 0.1) is 39.3 Å². The van der Waals surface area contributed by atoms with Crippen LogP contribution in [-0.2, 0) is 0 Å². The molecule has 0 bridgehead atoms. The van der Waals surface area contributed by atoms with Crippen LogP contribution in [0.1, 0.15) is 1.43 Å². The first-order chi connectivity index (χ1) is 27.0. The van der Waals surface area contributed by atoms with Crippen LogP contribution in [0.15, 0.2) is 4.30 Å². The Morgan fingerprint density at radius 1 is 0.600 bits per heavy atom. The summed E-state index contributed by atoms with van der Waals surface area (Å²) in [4.78, 5) is 26.0. The van der Waals surface area contributed by atoms with Crippen LogP contribution in [0.5, 0.6) is 0 Å². The number of nitriles is 1. The molecule has 5 heterocycles. The third kappa shape index (κ3) is 29.9. The van der Waals surface area contributed by atoms with Gasteiger partial charge in [-0.1, -0.05) is 0 Å². The Hall–Kier alpha value is 1.44. The van der Waals surface area contributed by atoms with E-state index in [0.717, 1.165) is 78.2 Å². The summed E-state index contributed by atoms with van der Waals surface area (Å²) in [5.41, 5.74) is 5.78. The first kappa shape index (κ1) is 68.0. The Labute approximate surface area is 443 Å². The number of piperazine rings is 1. The van der Waals surface area contributed by atoms with Crippen LogP contribution in [0.2, 0.25) is 0 Å². The van der Waals surface area contributed by atoms with E-state index in [1.165, 1.54) is 76.5 Å². The Morgan fingerprint density at radius 2 is 0.917 bits per heavy atom. The van der Waals surface area contributed by atoms with Crippen molar-refractivity contribution >= 4 is 37.8 Å². The number of fused-ring (bicyclic) bond motifs is 1. The molecule has 0 aromatic carbocycles. The Bertz CT molecular complexity index is 1080. The average molecular weight is 899 g/mol. The quantitative estimate of drug-likeness (QED) is 0.112. The summed E-state index contributed by atoms with van der Waals surface area (Å²) in [7, 11) is 30.6. The Balaban J connectivity index is -0.000000216. The topological polar surface area (TPSA) is 122 Å². The molecule has 4 atom stereocenters. The van der Waals surface area contributed by atoms with Gasteiger partial charge in [0.2, 0.25) is 0 Å². The van der Waals surface area contributed by atoms with E-state index in [1.807, 2.05) is 7.05 Å². The van der Waals surface area contributed by atoms with Gasteiger partial charge in [-0.25, -0.2) is 0 Å². The molecule has 0 aliphatic carbocycles. The maximum Gasteiger partial charge on any atom is 1.00 e. The van der Waals surface area contributed by atoms with Gasteiger partial charge in [-0.05, 0) is 77.5 Å². The van der Waals surface area contributed by atoms with Crippen molar-refractivity contribution in [1.82, 2.24) is 53.9 Å². The molecule has 339 valence electrons. The Morgan fingerprint density at radius 3 is 1.30 bits per heavy atom. The fourth-order valence-electron chi connectivity index (χ4n) is 7.30. The maximum atomic E-state index is 9.02. The van der Waals surface area contributed by atoms with Gasteiger partial charge in [0, 0.05) is 124 Å². The molecule has 4 unspecified atom stereocenters. The van der Waals surface area contributed by atoms with E-state index < -0.39 is 0 Å². The summed E-state index contributed by atoms with van der Waals surface area (Å²) in [6.07, 6.45) is 0.753. The van der Waals surface area contributed by atoms with Crippen molar-refractivity contribution in [2.45, 2.75) is 18.2 Å². The van der Waals surface area contributed by atoms with Crippen molar-refractivity contribution in [3.8, 4) is 6.07 Å². The van der Waals surface area contributed by atoms with Crippen molar-refractivity contribution in [3.63, 3.8) is 0 Å². The minimum Gasteiger partial charge on any atom is -1.00 e. The van der Waals surface area contributed by atoms with E-state index in [4.69, 9.17) is 22.8 Å². The van der Waals surface area contributed by atoms with Crippen LogP contribution in [-0.4, -0.2) is 330 Å². The van der Waals surface area contributed by atoms with Crippen LogP contribution in [0.4, 0.5) is 0 Å². The predicted octanol–water partition coefficient (Wildman–Crippen LogP) is -8.53. The zero-order valence-electron chi connectivity index (χ0n) is 41.6. The van der Waals surface area contributed by atoms with E-state index in [-0.39, 0.29) is 95.1 Å². The number of nitrogens with zero attached hydrogens (tertiary/aromatic N) is 15. The molecule has 5 aliphatic rings. The zero-order chi connectivity index (χ0) is 43.6. The molecule has 21 heteroatoms. The van der Waals surface area contributed by atoms with Gasteiger partial charge >= 0.3 is 95.0 Å². The fraction of sp³-hybridized carbons (Fsp3) is 0.949. The van der Waals surface area contributed by atoms with Gasteiger partial charge in [-0.2, -0.15) is 5.26 Å². The van der Waals surface area contributed by atoms with Gasteiger partial charge < -0.3 is 57.8 Å². The van der Waals surface area contributed by atoms with E-state index in [9.17, 15) is 0 Å². The summed E-state index contributed by atoms with van der Waals surface area (Å²) in [6, 6.07) is 2.90. The second-order valence-electron chi connectivity index (χ2n) is 17.3. The summed E-state index contributed by atoms with van der Waals surface area (Å²) >= 11 is 3.19. The number of thiol groups is 1. The van der Waals surface area contributed by atoms with Crippen molar-refractivity contribution < 1.29 is 76.2 Å². The molecule has 0 amide bonds.